The van der Waals surface area contributed by atoms with E-state index in [-0.39, 0.29) is 5.91 Å². The van der Waals surface area contributed by atoms with Crippen LogP contribution in [0.25, 0.3) is 6.08 Å². The van der Waals surface area contributed by atoms with E-state index < -0.39 is 0 Å². The summed E-state index contributed by atoms with van der Waals surface area (Å²) >= 11 is 1.49. The Labute approximate surface area is 122 Å². The van der Waals surface area contributed by atoms with Crippen LogP contribution in [0.2, 0.25) is 0 Å². The Hall–Kier alpha value is -1.56. The number of amides is 1. The van der Waals surface area contributed by atoms with Crippen LogP contribution in [-0.2, 0) is 11.3 Å². The van der Waals surface area contributed by atoms with Gasteiger partial charge in [-0.3, -0.25) is 9.48 Å². The Balaban J connectivity index is 1.80. The van der Waals surface area contributed by atoms with Crippen molar-refractivity contribution in [3.63, 3.8) is 0 Å². The van der Waals surface area contributed by atoms with E-state index in [1.54, 1.807) is 0 Å². The SMILES string of the molecule is CCn1ncc(/C=C2\SC(N3CCCC3)=NC2=O)c1C. The molecule has 0 spiro atoms. The molecule has 3 heterocycles. The van der Waals surface area contributed by atoms with Gasteiger partial charge in [-0.05, 0) is 44.5 Å². The van der Waals surface area contributed by atoms with Crippen LogP contribution in [0.3, 0.4) is 0 Å². The number of carbonyl (C=O) groups excluding carboxylic acids is 1. The molecule has 1 saturated heterocycles. The van der Waals surface area contributed by atoms with E-state index in [1.807, 2.05) is 23.9 Å². The van der Waals surface area contributed by atoms with Crippen LogP contribution in [0.1, 0.15) is 31.0 Å². The van der Waals surface area contributed by atoms with Gasteiger partial charge >= 0.3 is 0 Å². The normalized spacial score (nSPS) is 21.1. The topological polar surface area (TPSA) is 50.5 Å². The zero-order valence-corrected chi connectivity index (χ0v) is 12.6. The summed E-state index contributed by atoms with van der Waals surface area (Å²) in [6.07, 6.45) is 6.10. The van der Waals surface area contributed by atoms with Crippen molar-refractivity contribution in [1.29, 1.82) is 0 Å². The van der Waals surface area contributed by atoms with Gasteiger partial charge in [0, 0.05) is 30.9 Å². The van der Waals surface area contributed by atoms with Crippen LogP contribution in [0, 0.1) is 6.92 Å². The minimum Gasteiger partial charge on any atom is -0.351 e. The number of amidine groups is 1. The Morgan fingerprint density at radius 2 is 2.15 bits per heavy atom. The molecular weight excluding hydrogens is 272 g/mol. The summed E-state index contributed by atoms with van der Waals surface area (Å²) in [4.78, 5) is 19.1. The van der Waals surface area contributed by atoms with Gasteiger partial charge in [0.25, 0.3) is 5.91 Å². The number of nitrogens with zero attached hydrogens (tertiary/aromatic N) is 4. The van der Waals surface area contributed by atoms with E-state index in [1.165, 1.54) is 24.6 Å². The number of carbonyl (C=O) groups is 1. The molecule has 0 atom stereocenters. The molecule has 0 N–H and O–H groups in total. The zero-order valence-electron chi connectivity index (χ0n) is 11.8. The summed E-state index contributed by atoms with van der Waals surface area (Å²) in [6.45, 7) is 6.94. The number of aliphatic imine (C=N–C) groups is 1. The quantitative estimate of drug-likeness (QED) is 0.784. The van der Waals surface area contributed by atoms with Crippen LogP contribution in [0.5, 0.6) is 0 Å². The summed E-state index contributed by atoms with van der Waals surface area (Å²) in [5.41, 5.74) is 2.09. The highest BCUT2D eigenvalue weighted by Crippen LogP contribution is 2.32. The summed E-state index contributed by atoms with van der Waals surface area (Å²) in [5, 5.41) is 5.16. The number of aromatic nitrogens is 2. The van der Waals surface area contributed by atoms with Crippen molar-refractivity contribution in [2.24, 2.45) is 4.99 Å². The summed E-state index contributed by atoms with van der Waals surface area (Å²) in [6, 6.07) is 0. The molecule has 5 nitrogen and oxygen atoms in total. The Morgan fingerprint density at radius 3 is 2.80 bits per heavy atom. The van der Waals surface area contributed by atoms with Crippen LogP contribution < -0.4 is 0 Å². The molecule has 0 aromatic carbocycles. The zero-order chi connectivity index (χ0) is 14.1. The fourth-order valence-corrected chi connectivity index (χ4v) is 3.46. The molecule has 3 rings (SSSR count). The van der Waals surface area contributed by atoms with Crippen molar-refractivity contribution < 1.29 is 4.79 Å². The molecule has 0 radical (unpaired) electrons. The third kappa shape index (κ3) is 2.40. The molecule has 2 aliphatic heterocycles. The molecule has 106 valence electrons. The number of thioether (sulfide) groups is 1. The Morgan fingerprint density at radius 1 is 1.40 bits per heavy atom. The van der Waals surface area contributed by atoms with Crippen LogP contribution >= 0.6 is 11.8 Å². The van der Waals surface area contributed by atoms with Crippen molar-refractivity contribution in [2.45, 2.75) is 33.2 Å². The lowest BCUT2D eigenvalue weighted by Gasteiger charge is -2.14. The maximum absolute atomic E-state index is 12.0. The fourth-order valence-electron chi connectivity index (χ4n) is 2.50. The first-order valence-electron chi connectivity index (χ1n) is 6.99. The van der Waals surface area contributed by atoms with E-state index in [0.717, 1.165) is 36.1 Å². The molecule has 0 aliphatic carbocycles. The molecular formula is C14H18N4OS. The average molecular weight is 290 g/mol. The van der Waals surface area contributed by atoms with Crippen LogP contribution in [-0.4, -0.2) is 38.8 Å². The second kappa shape index (κ2) is 5.44. The van der Waals surface area contributed by atoms with Crippen LogP contribution in [0.15, 0.2) is 16.1 Å². The van der Waals surface area contributed by atoms with Crippen molar-refractivity contribution in [1.82, 2.24) is 14.7 Å². The molecule has 1 aromatic heterocycles. The lowest BCUT2D eigenvalue weighted by Crippen LogP contribution is -2.23. The first-order valence-corrected chi connectivity index (χ1v) is 7.80. The van der Waals surface area contributed by atoms with Gasteiger partial charge in [-0.25, -0.2) is 0 Å². The molecule has 0 bridgehead atoms. The smallest absolute Gasteiger partial charge is 0.286 e. The van der Waals surface area contributed by atoms with Gasteiger partial charge in [-0.15, -0.1) is 0 Å². The largest absolute Gasteiger partial charge is 0.351 e. The number of hydrogen-bond donors (Lipinski definition) is 0. The molecule has 1 fully saturated rings. The average Bonchev–Trinajstić information content (AvgIpc) is 3.13. The van der Waals surface area contributed by atoms with E-state index in [2.05, 4.69) is 21.9 Å². The van der Waals surface area contributed by atoms with Crippen molar-refractivity contribution in [3.05, 3.63) is 22.4 Å². The van der Waals surface area contributed by atoms with E-state index in [9.17, 15) is 4.79 Å². The second-order valence-electron chi connectivity index (χ2n) is 5.01. The first kappa shape index (κ1) is 13.4. The minimum absolute atomic E-state index is 0.124. The monoisotopic (exact) mass is 290 g/mol. The third-order valence-electron chi connectivity index (χ3n) is 3.71. The molecule has 1 aromatic rings. The number of likely N-dealkylation sites (tertiary alicyclic amines) is 1. The van der Waals surface area contributed by atoms with Gasteiger partial charge in [-0.1, -0.05) is 0 Å². The van der Waals surface area contributed by atoms with E-state index in [4.69, 9.17) is 0 Å². The Bertz CT molecular complexity index is 596. The number of rotatable bonds is 2. The van der Waals surface area contributed by atoms with E-state index >= 15 is 0 Å². The third-order valence-corrected chi connectivity index (χ3v) is 4.76. The fraction of sp³-hybridized carbons (Fsp3) is 0.500. The molecule has 1 amide bonds. The molecule has 2 aliphatic rings. The van der Waals surface area contributed by atoms with Crippen molar-refractivity contribution in [3.8, 4) is 0 Å². The predicted molar refractivity (Wildman–Crippen MR) is 81.5 cm³/mol. The highest BCUT2D eigenvalue weighted by atomic mass is 32.2. The maximum Gasteiger partial charge on any atom is 0.286 e. The molecule has 0 unspecified atom stereocenters. The second-order valence-corrected chi connectivity index (χ2v) is 6.01. The number of hydrogen-bond acceptors (Lipinski definition) is 4. The summed E-state index contributed by atoms with van der Waals surface area (Å²) in [5.74, 6) is -0.124. The molecule has 6 heteroatoms. The Kier molecular flexibility index (Phi) is 3.65. The van der Waals surface area contributed by atoms with Crippen LogP contribution in [0.4, 0.5) is 0 Å². The van der Waals surface area contributed by atoms with Gasteiger partial charge < -0.3 is 4.90 Å². The van der Waals surface area contributed by atoms with Gasteiger partial charge in [0.1, 0.15) is 0 Å². The van der Waals surface area contributed by atoms with Gasteiger partial charge in [-0.2, -0.15) is 10.1 Å². The molecule has 0 saturated carbocycles. The van der Waals surface area contributed by atoms with Gasteiger partial charge in [0.05, 0.1) is 11.1 Å². The summed E-state index contributed by atoms with van der Waals surface area (Å²) < 4.78 is 1.93. The maximum atomic E-state index is 12.0. The highest BCUT2D eigenvalue weighted by Gasteiger charge is 2.27. The van der Waals surface area contributed by atoms with Crippen molar-refractivity contribution in [2.75, 3.05) is 13.1 Å². The lowest BCUT2D eigenvalue weighted by molar-refractivity contribution is -0.113. The standard InChI is InChI=1S/C14H18N4OS/c1-3-18-10(2)11(9-15-18)8-12-13(19)16-14(20-12)17-6-4-5-7-17/h8-9H,3-7H2,1-2H3/b12-8-. The van der Waals surface area contributed by atoms with Gasteiger partial charge in [0.2, 0.25) is 0 Å². The predicted octanol–water partition coefficient (Wildman–Crippen LogP) is 2.28. The van der Waals surface area contributed by atoms with E-state index in [0.29, 0.717) is 4.91 Å². The van der Waals surface area contributed by atoms with Crippen molar-refractivity contribution >= 4 is 28.9 Å². The highest BCUT2D eigenvalue weighted by molar-refractivity contribution is 8.18. The van der Waals surface area contributed by atoms with Gasteiger partial charge in [0.15, 0.2) is 5.17 Å². The molecule has 20 heavy (non-hydrogen) atoms. The minimum atomic E-state index is -0.124. The number of aryl methyl sites for hydroxylation is 1. The summed E-state index contributed by atoms with van der Waals surface area (Å²) in [7, 11) is 0. The first-order chi connectivity index (χ1) is 9.69. The lowest BCUT2D eigenvalue weighted by atomic mass is 10.2.